The third-order valence-corrected chi connectivity index (χ3v) is 3.41. The van der Waals surface area contributed by atoms with Gasteiger partial charge in [-0.1, -0.05) is 36.8 Å². The first kappa shape index (κ1) is 12.6. The van der Waals surface area contributed by atoms with Crippen LogP contribution in [0.3, 0.4) is 0 Å². The summed E-state index contributed by atoms with van der Waals surface area (Å²) in [6.07, 6.45) is 5.40. The molecule has 17 heavy (non-hydrogen) atoms. The maximum atomic E-state index is 5.63. The van der Waals surface area contributed by atoms with Crippen LogP contribution in [-0.4, -0.2) is 19.7 Å². The summed E-state index contributed by atoms with van der Waals surface area (Å²) in [6.45, 7) is 3.89. The van der Waals surface area contributed by atoms with Crippen LogP contribution in [0.2, 0.25) is 0 Å². The van der Waals surface area contributed by atoms with Crippen molar-refractivity contribution in [3.8, 4) is 0 Å². The van der Waals surface area contributed by atoms with Crippen LogP contribution in [0.15, 0.2) is 30.3 Å². The van der Waals surface area contributed by atoms with Crippen LogP contribution < -0.4 is 5.32 Å². The van der Waals surface area contributed by atoms with E-state index in [1.54, 1.807) is 0 Å². The Morgan fingerprint density at radius 3 is 2.71 bits per heavy atom. The normalized spacial score (nSPS) is 15.8. The Hall–Kier alpha value is -0.860. The number of nitrogens with one attached hydrogen (secondary N) is 1. The van der Waals surface area contributed by atoms with E-state index in [4.69, 9.17) is 4.74 Å². The maximum absolute atomic E-state index is 5.63. The average Bonchev–Trinajstić information content (AvgIpc) is 2.31. The molecule has 1 aliphatic rings. The molecule has 1 fully saturated rings. The topological polar surface area (TPSA) is 21.3 Å². The predicted octanol–water partition coefficient (Wildman–Crippen LogP) is 2.98. The Labute approximate surface area is 104 Å². The van der Waals surface area contributed by atoms with Gasteiger partial charge in [0.15, 0.2) is 0 Å². The van der Waals surface area contributed by atoms with E-state index < -0.39 is 0 Å². The molecule has 0 amide bonds. The summed E-state index contributed by atoms with van der Waals surface area (Å²) >= 11 is 0. The highest BCUT2D eigenvalue weighted by atomic mass is 16.5. The molecule has 2 rings (SSSR count). The summed E-state index contributed by atoms with van der Waals surface area (Å²) in [7, 11) is 0. The van der Waals surface area contributed by atoms with Crippen LogP contribution >= 0.6 is 0 Å². The first-order valence-corrected chi connectivity index (χ1v) is 6.77. The molecule has 1 saturated carbocycles. The smallest absolute Gasteiger partial charge is 0.0716 e. The lowest BCUT2D eigenvalue weighted by atomic mass is 9.85. The van der Waals surface area contributed by atoms with Gasteiger partial charge in [-0.05, 0) is 43.8 Å². The molecule has 1 aromatic rings. The molecule has 1 aromatic carbocycles. The Bertz CT molecular complexity index is 295. The molecule has 0 radical (unpaired) electrons. The van der Waals surface area contributed by atoms with Crippen molar-refractivity contribution < 1.29 is 4.74 Å². The van der Waals surface area contributed by atoms with Crippen molar-refractivity contribution in [1.29, 1.82) is 0 Å². The zero-order chi connectivity index (χ0) is 11.8. The highest BCUT2D eigenvalue weighted by Gasteiger charge is 2.15. The standard InChI is InChI=1S/C15H23NO/c1-2-6-15(7-3-1)13-17-11-5-10-16-12-14-8-4-9-14/h1-3,6-7,14,16H,4-5,8-13H2. The zero-order valence-corrected chi connectivity index (χ0v) is 10.5. The molecule has 0 unspecified atom stereocenters. The molecule has 0 spiro atoms. The maximum Gasteiger partial charge on any atom is 0.0716 e. The third kappa shape index (κ3) is 4.88. The Morgan fingerprint density at radius 2 is 2.00 bits per heavy atom. The van der Waals surface area contributed by atoms with Crippen LogP contribution in [0.4, 0.5) is 0 Å². The lowest BCUT2D eigenvalue weighted by Crippen LogP contribution is -2.28. The van der Waals surface area contributed by atoms with Crippen molar-refractivity contribution in [2.24, 2.45) is 5.92 Å². The molecule has 2 nitrogen and oxygen atoms in total. The molecule has 94 valence electrons. The SMILES string of the molecule is c1ccc(COCCCNCC2CCC2)cc1. The number of benzene rings is 1. The first-order valence-electron chi connectivity index (χ1n) is 6.77. The minimum absolute atomic E-state index is 0.740. The summed E-state index contributed by atoms with van der Waals surface area (Å²) in [5, 5.41) is 3.51. The second-order valence-corrected chi connectivity index (χ2v) is 4.89. The summed E-state index contributed by atoms with van der Waals surface area (Å²) in [6, 6.07) is 10.4. The van der Waals surface area contributed by atoms with Crippen LogP contribution in [0.1, 0.15) is 31.2 Å². The van der Waals surface area contributed by atoms with Crippen molar-refractivity contribution >= 4 is 0 Å². The van der Waals surface area contributed by atoms with E-state index in [0.717, 1.165) is 32.1 Å². The van der Waals surface area contributed by atoms with Gasteiger partial charge in [0.2, 0.25) is 0 Å². The predicted molar refractivity (Wildman–Crippen MR) is 70.9 cm³/mol. The van der Waals surface area contributed by atoms with Gasteiger partial charge in [-0.2, -0.15) is 0 Å². The van der Waals surface area contributed by atoms with Crippen molar-refractivity contribution in [3.63, 3.8) is 0 Å². The Kier molecular flexibility index (Phi) is 5.53. The van der Waals surface area contributed by atoms with Crippen LogP contribution in [0, 0.1) is 5.92 Å². The van der Waals surface area contributed by atoms with Gasteiger partial charge in [-0.25, -0.2) is 0 Å². The van der Waals surface area contributed by atoms with Crippen molar-refractivity contribution in [2.45, 2.75) is 32.3 Å². The van der Waals surface area contributed by atoms with Gasteiger partial charge in [-0.3, -0.25) is 0 Å². The number of hydrogen-bond donors (Lipinski definition) is 1. The summed E-state index contributed by atoms with van der Waals surface area (Å²) in [5.41, 5.74) is 1.26. The molecule has 0 aromatic heterocycles. The van der Waals surface area contributed by atoms with Crippen molar-refractivity contribution in [3.05, 3.63) is 35.9 Å². The summed E-state index contributed by atoms with van der Waals surface area (Å²) < 4.78 is 5.63. The Morgan fingerprint density at radius 1 is 1.18 bits per heavy atom. The Balaban J connectivity index is 1.41. The third-order valence-electron chi connectivity index (χ3n) is 3.41. The summed E-state index contributed by atoms with van der Waals surface area (Å²) in [4.78, 5) is 0. The van der Waals surface area contributed by atoms with Crippen molar-refractivity contribution in [1.82, 2.24) is 5.32 Å². The quantitative estimate of drug-likeness (QED) is 0.697. The summed E-state index contributed by atoms with van der Waals surface area (Å²) in [5.74, 6) is 0.959. The second-order valence-electron chi connectivity index (χ2n) is 4.89. The molecule has 1 aliphatic carbocycles. The molecular formula is C15H23NO. The fourth-order valence-corrected chi connectivity index (χ4v) is 2.07. The largest absolute Gasteiger partial charge is 0.377 e. The molecule has 0 saturated heterocycles. The highest BCUT2D eigenvalue weighted by molar-refractivity contribution is 5.13. The zero-order valence-electron chi connectivity index (χ0n) is 10.5. The number of rotatable bonds is 8. The number of hydrogen-bond acceptors (Lipinski definition) is 2. The molecule has 2 heteroatoms. The molecule has 0 bridgehead atoms. The van der Waals surface area contributed by atoms with E-state index in [1.165, 1.54) is 31.4 Å². The van der Waals surface area contributed by atoms with Crippen LogP contribution in [0.25, 0.3) is 0 Å². The molecule has 0 aliphatic heterocycles. The van der Waals surface area contributed by atoms with Gasteiger partial charge in [-0.15, -0.1) is 0 Å². The van der Waals surface area contributed by atoms with E-state index in [0.29, 0.717) is 0 Å². The molecule has 0 heterocycles. The van der Waals surface area contributed by atoms with E-state index in [2.05, 4.69) is 29.6 Å². The first-order chi connectivity index (χ1) is 8.45. The van der Waals surface area contributed by atoms with Gasteiger partial charge < -0.3 is 10.1 Å². The minimum atomic E-state index is 0.740. The monoisotopic (exact) mass is 233 g/mol. The highest BCUT2D eigenvalue weighted by Crippen LogP contribution is 2.24. The van der Waals surface area contributed by atoms with E-state index in [-0.39, 0.29) is 0 Å². The van der Waals surface area contributed by atoms with Crippen LogP contribution in [0.5, 0.6) is 0 Å². The molecule has 1 N–H and O–H groups in total. The van der Waals surface area contributed by atoms with Gasteiger partial charge in [0.1, 0.15) is 0 Å². The fourth-order valence-electron chi connectivity index (χ4n) is 2.07. The van der Waals surface area contributed by atoms with Crippen molar-refractivity contribution in [2.75, 3.05) is 19.7 Å². The molecular weight excluding hydrogens is 210 g/mol. The molecule has 0 atom stereocenters. The minimum Gasteiger partial charge on any atom is -0.377 e. The van der Waals surface area contributed by atoms with E-state index in [1.807, 2.05) is 6.07 Å². The fraction of sp³-hybridized carbons (Fsp3) is 0.600. The average molecular weight is 233 g/mol. The number of ether oxygens (including phenoxy) is 1. The lowest BCUT2D eigenvalue weighted by molar-refractivity contribution is 0.118. The van der Waals surface area contributed by atoms with E-state index >= 15 is 0 Å². The van der Waals surface area contributed by atoms with Gasteiger partial charge in [0.25, 0.3) is 0 Å². The van der Waals surface area contributed by atoms with Gasteiger partial charge in [0, 0.05) is 6.61 Å². The van der Waals surface area contributed by atoms with Crippen LogP contribution in [-0.2, 0) is 11.3 Å². The van der Waals surface area contributed by atoms with Gasteiger partial charge >= 0.3 is 0 Å². The lowest BCUT2D eigenvalue weighted by Gasteiger charge is -2.25. The van der Waals surface area contributed by atoms with Gasteiger partial charge in [0.05, 0.1) is 6.61 Å². The second kappa shape index (κ2) is 7.46. The van der Waals surface area contributed by atoms with E-state index in [9.17, 15) is 0 Å².